The van der Waals surface area contributed by atoms with Crippen molar-refractivity contribution < 1.29 is 9.59 Å². The number of amides is 1. The van der Waals surface area contributed by atoms with Crippen molar-refractivity contribution in [1.29, 1.82) is 0 Å². The molecule has 4 N–H and O–H groups in total. The smallest absolute Gasteiger partial charge is 0.226 e. The molecule has 0 aromatic heterocycles. The maximum atomic E-state index is 14.0. The van der Waals surface area contributed by atoms with E-state index in [0.29, 0.717) is 17.4 Å². The number of carbonyl (C=O) groups is 2. The van der Waals surface area contributed by atoms with Crippen molar-refractivity contribution in [2.75, 3.05) is 6.54 Å². The lowest BCUT2D eigenvalue weighted by Gasteiger charge is -2.43. The topological polar surface area (TPSA) is 87.5 Å². The number of carbonyl (C=O) groups excluding carboxylic acids is 2. The Labute approximate surface area is 283 Å². The number of Topliss-reactive ketones (excluding diaryl/α,β-unsaturated/α-hetero) is 1. The molecule has 0 aromatic carbocycles. The zero-order chi connectivity index (χ0) is 35.0. The predicted octanol–water partition coefficient (Wildman–Crippen LogP) is 8.88. The SMILES string of the molecule is C=C(C)NC(CCC)C(C)(C)C.C=C(N)C(=O)C(CC1CCC1)NC(=C)C1[C@@H](C(C)(C)C)CCN1C(=O)C(C)C1(C)CCCCC1. The van der Waals surface area contributed by atoms with Crippen LogP contribution in [0.1, 0.15) is 146 Å². The van der Waals surface area contributed by atoms with Gasteiger partial charge in [0.25, 0.3) is 0 Å². The number of likely N-dealkylation sites (tertiary alicyclic amines) is 1. The van der Waals surface area contributed by atoms with E-state index in [4.69, 9.17) is 5.73 Å². The molecule has 0 radical (unpaired) electrons. The van der Waals surface area contributed by atoms with Gasteiger partial charge in [0, 0.05) is 29.9 Å². The van der Waals surface area contributed by atoms with Gasteiger partial charge in [0.2, 0.25) is 5.91 Å². The van der Waals surface area contributed by atoms with Crippen molar-refractivity contribution in [2.45, 2.75) is 164 Å². The molecule has 1 saturated heterocycles. The van der Waals surface area contributed by atoms with E-state index >= 15 is 0 Å². The van der Waals surface area contributed by atoms with Crippen LogP contribution in [0, 0.1) is 34.0 Å². The molecule has 3 aliphatic rings. The Morgan fingerprint density at radius 3 is 1.98 bits per heavy atom. The second-order valence-corrected chi connectivity index (χ2v) is 17.5. The Hall–Kier alpha value is -2.24. The van der Waals surface area contributed by atoms with E-state index in [0.717, 1.165) is 56.5 Å². The number of hydrogen-bond donors (Lipinski definition) is 3. The Morgan fingerprint density at radius 1 is 0.957 bits per heavy atom. The van der Waals surface area contributed by atoms with Crippen LogP contribution in [0.4, 0.5) is 0 Å². The second kappa shape index (κ2) is 16.7. The van der Waals surface area contributed by atoms with Gasteiger partial charge in [0.15, 0.2) is 5.78 Å². The summed E-state index contributed by atoms with van der Waals surface area (Å²) in [7, 11) is 0. The normalized spacial score (nSPS) is 23.6. The molecule has 2 aliphatic carbocycles. The first kappa shape index (κ1) is 39.9. The summed E-state index contributed by atoms with van der Waals surface area (Å²) < 4.78 is 0. The number of allylic oxidation sites excluding steroid dienone is 1. The Balaban J connectivity index is 0.000000521. The minimum absolute atomic E-state index is 0.0157. The fraction of sp³-hybridized carbons (Fsp3) is 0.800. The molecule has 4 unspecified atom stereocenters. The highest BCUT2D eigenvalue weighted by Crippen LogP contribution is 2.46. The van der Waals surface area contributed by atoms with E-state index in [1.807, 2.05) is 6.92 Å². The molecule has 6 nitrogen and oxygen atoms in total. The van der Waals surface area contributed by atoms with Crippen molar-refractivity contribution >= 4 is 11.7 Å². The minimum atomic E-state index is -0.415. The summed E-state index contributed by atoms with van der Waals surface area (Å²) >= 11 is 0. The number of nitrogens with one attached hydrogen (secondary N) is 2. The number of ketones is 1. The molecule has 0 bridgehead atoms. The van der Waals surface area contributed by atoms with Crippen LogP contribution in [0.25, 0.3) is 0 Å². The highest BCUT2D eigenvalue weighted by molar-refractivity contribution is 5.98. The summed E-state index contributed by atoms with van der Waals surface area (Å²) in [5.41, 5.74) is 8.19. The molecule has 0 spiro atoms. The highest BCUT2D eigenvalue weighted by Gasteiger charge is 2.48. The number of rotatable bonds is 13. The molecule has 1 heterocycles. The van der Waals surface area contributed by atoms with Crippen molar-refractivity contribution in [3.63, 3.8) is 0 Å². The van der Waals surface area contributed by atoms with Crippen molar-refractivity contribution in [3.05, 3.63) is 36.8 Å². The van der Waals surface area contributed by atoms with Crippen LogP contribution in [-0.4, -0.2) is 41.3 Å². The molecule has 1 amide bonds. The standard InChI is InChI=1S/C29H49N3O2.C11H23N/c1-19(29(7)15-9-8-10-16-29)27(34)32-17-14-23(28(4,5)6)25(32)21(3)31-24(26(33)20(2)30)18-22-12-11-13-22;1-7-8-10(11(4,5)6)12-9(2)3/h19,22-25,31H,2-3,8-18,30H2,1,4-7H3;10,12H,2,7-8H2,1,3-6H3/t19?,23-,24?,25?;/m0./s1. The molecular formula is C40H72N4O2. The average Bonchev–Trinajstić information content (AvgIpc) is 3.39. The number of nitrogens with two attached hydrogens (primary N) is 1. The molecule has 3 fully saturated rings. The van der Waals surface area contributed by atoms with E-state index in [1.54, 1.807) is 0 Å². The van der Waals surface area contributed by atoms with Gasteiger partial charge >= 0.3 is 0 Å². The van der Waals surface area contributed by atoms with Gasteiger partial charge in [-0.25, -0.2) is 0 Å². The van der Waals surface area contributed by atoms with Crippen LogP contribution < -0.4 is 16.4 Å². The third-order valence-corrected chi connectivity index (χ3v) is 11.4. The molecule has 5 atom stereocenters. The molecule has 1 aliphatic heterocycles. The van der Waals surface area contributed by atoms with E-state index in [1.165, 1.54) is 38.5 Å². The third kappa shape index (κ3) is 10.9. The van der Waals surface area contributed by atoms with Gasteiger partial charge in [-0.15, -0.1) is 0 Å². The number of nitrogens with zero attached hydrogens (tertiary/aromatic N) is 1. The minimum Gasteiger partial charge on any atom is -0.396 e. The molecule has 2 saturated carbocycles. The molecule has 3 rings (SSSR count). The lowest BCUT2D eigenvalue weighted by atomic mass is 9.67. The van der Waals surface area contributed by atoms with Crippen LogP contribution in [-0.2, 0) is 9.59 Å². The monoisotopic (exact) mass is 641 g/mol. The van der Waals surface area contributed by atoms with Gasteiger partial charge in [0.1, 0.15) is 0 Å². The number of hydrogen-bond acceptors (Lipinski definition) is 5. The molecule has 6 heteroatoms. The zero-order valence-corrected chi connectivity index (χ0v) is 31.6. The largest absolute Gasteiger partial charge is 0.396 e. The van der Waals surface area contributed by atoms with Gasteiger partial charge in [-0.05, 0) is 67.1 Å². The maximum Gasteiger partial charge on any atom is 0.226 e. The first-order chi connectivity index (χ1) is 21.2. The second-order valence-electron chi connectivity index (χ2n) is 17.5. The van der Waals surface area contributed by atoms with Crippen molar-refractivity contribution in [3.8, 4) is 0 Å². The molecular weight excluding hydrogens is 568 g/mol. The van der Waals surface area contributed by atoms with E-state index < -0.39 is 6.04 Å². The Kier molecular flexibility index (Phi) is 14.5. The summed E-state index contributed by atoms with van der Waals surface area (Å²) in [6.45, 7) is 35.0. The van der Waals surface area contributed by atoms with Crippen LogP contribution >= 0.6 is 0 Å². The first-order valence-electron chi connectivity index (χ1n) is 18.4. The summed E-state index contributed by atoms with van der Waals surface area (Å²) in [4.78, 5) is 28.9. The van der Waals surface area contributed by atoms with Crippen molar-refractivity contribution in [2.24, 2.45) is 39.7 Å². The van der Waals surface area contributed by atoms with Gasteiger partial charge in [-0.2, -0.15) is 0 Å². The zero-order valence-electron chi connectivity index (χ0n) is 31.6. The van der Waals surface area contributed by atoms with Crippen LogP contribution in [0.3, 0.4) is 0 Å². The quantitative estimate of drug-likeness (QED) is 0.175. The lowest BCUT2D eigenvalue weighted by molar-refractivity contribution is -0.140. The summed E-state index contributed by atoms with van der Waals surface area (Å²) in [6.07, 6.45) is 13.6. The predicted molar refractivity (Wildman–Crippen MR) is 196 cm³/mol. The third-order valence-electron chi connectivity index (χ3n) is 11.4. The molecule has 264 valence electrons. The molecule has 0 aromatic rings. The average molecular weight is 641 g/mol. The summed E-state index contributed by atoms with van der Waals surface area (Å²) in [5, 5.41) is 6.90. The fourth-order valence-electron chi connectivity index (χ4n) is 7.85. The van der Waals surface area contributed by atoms with Crippen LogP contribution in [0.15, 0.2) is 36.8 Å². The Morgan fingerprint density at radius 2 is 1.54 bits per heavy atom. The first-order valence-corrected chi connectivity index (χ1v) is 18.4. The maximum absolute atomic E-state index is 14.0. The lowest BCUT2D eigenvalue weighted by Crippen LogP contribution is -2.51. The van der Waals surface area contributed by atoms with E-state index in [9.17, 15) is 9.59 Å². The summed E-state index contributed by atoms with van der Waals surface area (Å²) in [5.74, 6) is 0.912. The van der Waals surface area contributed by atoms with Gasteiger partial charge < -0.3 is 21.3 Å². The van der Waals surface area contributed by atoms with Crippen LogP contribution in [0.5, 0.6) is 0 Å². The van der Waals surface area contributed by atoms with E-state index in [2.05, 4.69) is 97.6 Å². The van der Waals surface area contributed by atoms with Crippen LogP contribution in [0.2, 0.25) is 0 Å². The Bertz CT molecular complexity index is 1050. The fourth-order valence-corrected chi connectivity index (χ4v) is 7.85. The van der Waals surface area contributed by atoms with Gasteiger partial charge in [-0.1, -0.05) is 127 Å². The highest BCUT2D eigenvalue weighted by atomic mass is 16.2. The van der Waals surface area contributed by atoms with E-state index in [-0.39, 0.29) is 46.1 Å². The van der Waals surface area contributed by atoms with Crippen molar-refractivity contribution in [1.82, 2.24) is 15.5 Å². The van der Waals surface area contributed by atoms with Gasteiger partial charge in [-0.3, -0.25) is 9.59 Å². The molecule has 46 heavy (non-hydrogen) atoms. The van der Waals surface area contributed by atoms with Gasteiger partial charge in [0.05, 0.1) is 17.8 Å². The summed E-state index contributed by atoms with van der Waals surface area (Å²) in [6, 6.07) is 0.0200.